The van der Waals surface area contributed by atoms with Crippen molar-refractivity contribution in [3.63, 3.8) is 0 Å². The molecule has 3 N–H and O–H groups in total. The maximum absolute atomic E-state index is 12.8. The molecule has 0 aliphatic carbocycles. The molecule has 0 fully saturated rings. The van der Waals surface area contributed by atoms with Crippen LogP contribution in [-0.2, 0) is 18.4 Å². The van der Waals surface area contributed by atoms with Crippen LogP contribution < -0.4 is 5.32 Å². The Morgan fingerprint density at radius 1 is 0.588 bits per heavy atom. The molecule has 9 heteroatoms. The fourth-order valence-corrected chi connectivity index (χ4v) is 7.31. The van der Waals surface area contributed by atoms with Crippen LogP contribution in [-0.4, -0.2) is 73.4 Å². The van der Waals surface area contributed by atoms with E-state index in [9.17, 15) is 19.4 Å². The average molecular weight is 748 g/mol. The second-order valence-corrected chi connectivity index (χ2v) is 17.9. The maximum Gasteiger partial charge on any atom is 0.472 e. The summed E-state index contributed by atoms with van der Waals surface area (Å²) in [5.41, 5.74) is 0. The predicted octanol–water partition coefficient (Wildman–Crippen LogP) is 11.8. The summed E-state index contributed by atoms with van der Waals surface area (Å²) in [6, 6.07) is -0.751. The van der Waals surface area contributed by atoms with Gasteiger partial charge in [0.15, 0.2) is 0 Å². The number of amides is 1. The van der Waals surface area contributed by atoms with Gasteiger partial charge in [0.1, 0.15) is 13.2 Å². The van der Waals surface area contributed by atoms with E-state index in [0.717, 1.165) is 38.5 Å². The molecular weight excluding hydrogens is 659 g/mol. The predicted molar refractivity (Wildman–Crippen MR) is 217 cm³/mol. The Hall–Kier alpha value is -0.500. The minimum atomic E-state index is -4.30. The van der Waals surface area contributed by atoms with Crippen LogP contribution in [0.4, 0.5) is 0 Å². The first-order valence-electron chi connectivity index (χ1n) is 21.9. The molecule has 0 aliphatic heterocycles. The number of aliphatic hydroxyl groups excluding tert-OH is 1. The second-order valence-electron chi connectivity index (χ2n) is 16.4. The number of likely N-dealkylation sites (N-methyl/N-ethyl adjacent to an activating group) is 1. The molecule has 3 unspecified atom stereocenters. The van der Waals surface area contributed by atoms with Gasteiger partial charge in [0.2, 0.25) is 5.91 Å². The Morgan fingerprint density at radius 3 is 1.31 bits per heavy atom. The summed E-state index contributed by atoms with van der Waals surface area (Å²) >= 11 is 0. The summed E-state index contributed by atoms with van der Waals surface area (Å²) in [6.45, 7) is 4.89. The number of unbranched alkanes of at least 4 members (excludes halogenated alkanes) is 27. The standard InChI is InChI=1S/C42H87N2O6P/c1-6-8-10-12-14-16-18-19-20-21-22-23-24-25-26-27-29-31-33-35-41(45)40(39-50-51(47,48)49-38-37-44(3,4)5)43-42(46)36-34-32-30-28-17-15-13-11-9-7-2/h40-41,45H,6-39H2,1-5H3,(H-,43,46,47,48)/p+1. The summed E-state index contributed by atoms with van der Waals surface area (Å²) in [7, 11) is 1.63. The van der Waals surface area contributed by atoms with Gasteiger partial charge in [-0.1, -0.05) is 194 Å². The van der Waals surface area contributed by atoms with Crippen LogP contribution in [0.5, 0.6) is 0 Å². The highest BCUT2D eigenvalue weighted by molar-refractivity contribution is 7.47. The summed E-state index contributed by atoms with van der Waals surface area (Å²) in [6.07, 6.45) is 37.0. The molecule has 0 aromatic heterocycles. The van der Waals surface area contributed by atoms with Crippen LogP contribution >= 0.6 is 7.82 Å². The van der Waals surface area contributed by atoms with Gasteiger partial charge in [-0.3, -0.25) is 13.8 Å². The summed E-state index contributed by atoms with van der Waals surface area (Å²) in [5.74, 6) is -0.144. The zero-order valence-electron chi connectivity index (χ0n) is 34.6. The van der Waals surface area contributed by atoms with E-state index in [2.05, 4.69) is 19.2 Å². The number of hydrogen-bond donors (Lipinski definition) is 3. The zero-order chi connectivity index (χ0) is 37.9. The van der Waals surface area contributed by atoms with Gasteiger partial charge in [-0.25, -0.2) is 4.57 Å². The van der Waals surface area contributed by atoms with Crippen molar-refractivity contribution in [3.05, 3.63) is 0 Å². The molecule has 0 bridgehead atoms. The molecule has 1 amide bonds. The number of carbonyl (C=O) groups is 1. The van der Waals surface area contributed by atoms with Gasteiger partial charge in [-0.15, -0.1) is 0 Å². The molecule has 0 saturated carbocycles. The number of nitrogens with one attached hydrogen (secondary N) is 1. The Labute approximate surface area is 317 Å². The van der Waals surface area contributed by atoms with Crippen LogP contribution in [0.2, 0.25) is 0 Å². The van der Waals surface area contributed by atoms with Crippen LogP contribution in [0, 0.1) is 0 Å². The number of phosphoric acid groups is 1. The lowest BCUT2D eigenvalue weighted by molar-refractivity contribution is -0.870. The van der Waals surface area contributed by atoms with Crippen LogP contribution in [0.1, 0.15) is 213 Å². The van der Waals surface area contributed by atoms with Crippen molar-refractivity contribution in [1.29, 1.82) is 0 Å². The Bertz CT molecular complexity index is 809. The smallest absolute Gasteiger partial charge is 0.391 e. The van der Waals surface area contributed by atoms with Crippen LogP contribution in [0.25, 0.3) is 0 Å². The lowest BCUT2D eigenvalue weighted by atomic mass is 10.0. The third-order valence-corrected chi connectivity index (χ3v) is 11.1. The van der Waals surface area contributed by atoms with Crippen molar-refractivity contribution in [1.82, 2.24) is 5.32 Å². The van der Waals surface area contributed by atoms with Crippen molar-refractivity contribution >= 4 is 13.7 Å². The Kier molecular flexibility index (Phi) is 34.9. The van der Waals surface area contributed by atoms with E-state index in [1.165, 1.54) is 148 Å². The van der Waals surface area contributed by atoms with Crippen molar-refractivity contribution in [3.8, 4) is 0 Å². The molecule has 0 aliphatic rings. The fraction of sp³-hybridized carbons (Fsp3) is 0.976. The normalized spacial score (nSPS) is 14.4. The highest BCUT2D eigenvalue weighted by Gasteiger charge is 2.28. The first-order chi connectivity index (χ1) is 24.5. The van der Waals surface area contributed by atoms with E-state index in [1.54, 1.807) is 0 Å². The quantitative estimate of drug-likeness (QED) is 0.0327. The van der Waals surface area contributed by atoms with Crippen molar-refractivity contribution in [2.45, 2.75) is 225 Å². The highest BCUT2D eigenvalue weighted by atomic mass is 31.2. The number of aliphatic hydroxyl groups is 1. The zero-order valence-corrected chi connectivity index (χ0v) is 35.5. The lowest BCUT2D eigenvalue weighted by Gasteiger charge is -2.26. The van der Waals surface area contributed by atoms with Gasteiger partial charge in [0.25, 0.3) is 0 Å². The minimum Gasteiger partial charge on any atom is -0.391 e. The largest absolute Gasteiger partial charge is 0.472 e. The molecule has 8 nitrogen and oxygen atoms in total. The van der Waals surface area contributed by atoms with Gasteiger partial charge >= 0.3 is 7.82 Å². The molecule has 51 heavy (non-hydrogen) atoms. The average Bonchev–Trinajstić information content (AvgIpc) is 3.07. The highest BCUT2D eigenvalue weighted by Crippen LogP contribution is 2.43. The first-order valence-corrected chi connectivity index (χ1v) is 23.4. The topological polar surface area (TPSA) is 105 Å². The van der Waals surface area contributed by atoms with Crippen LogP contribution in [0.15, 0.2) is 0 Å². The third-order valence-electron chi connectivity index (χ3n) is 10.1. The van der Waals surface area contributed by atoms with Crippen molar-refractivity contribution in [2.75, 3.05) is 40.9 Å². The Balaban J connectivity index is 4.28. The van der Waals surface area contributed by atoms with Gasteiger partial charge in [0.05, 0.1) is 39.9 Å². The first kappa shape index (κ1) is 50.5. The summed E-state index contributed by atoms with van der Waals surface area (Å²) in [4.78, 5) is 23.0. The van der Waals surface area contributed by atoms with Gasteiger partial charge < -0.3 is 19.8 Å². The Morgan fingerprint density at radius 2 is 0.941 bits per heavy atom. The molecule has 0 rings (SSSR count). The number of carbonyl (C=O) groups excluding carboxylic acids is 1. The lowest BCUT2D eigenvalue weighted by Crippen LogP contribution is -2.46. The van der Waals surface area contributed by atoms with Crippen LogP contribution in [0.3, 0.4) is 0 Å². The molecule has 0 saturated heterocycles. The van der Waals surface area contributed by atoms with E-state index in [0.29, 0.717) is 23.9 Å². The van der Waals surface area contributed by atoms with E-state index in [-0.39, 0.29) is 19.1 Å². The summed E-state index contributed by atoms with van der Waals surface area (Å²) in [5, 5.41) is 13.9. The molecule has 0 aromatic carbocycles. The van der Waals surface area contributed by atoms with Crippen molar-refractivity contribution in [2.24, 2.45) is 0 Å². The van der Waals surface area contributed by atoms with E-state index < -0.39 is 20.0 Å². The number of hydrogen-bond acceptors (Lipinski definition) is 5. The molecule has 306 valence electrons. The van der Waals surface area contributed by atoms with Crippen molar-refractivity contribution < 1.29 is 32.9 Å². The number of nitrogens with zero attached hydrogens (tertiary/aromatic N) is 1. The second kappa shape index (κ2) is 35.2. The molecule has 0 heterocycles. The van der Waals surface area contributed by atoms with E-state index >= 15 is 0 Å². The fourth-order valence-electron chi connectivity index (χ4n) is 6.58. The monoisotopic (exact) mass is 748 g/mol. The molecule has 3 atom stereocenters. The maximum atomic E-state index is 12.8. The molecule has 0 aromatic rings. The molecule has 0 radical (unpaired) electrons. The van der Waals surface area contributed by atoms with E-state index in [4.69, 9.17) is 9.05 Å². The third kappa shape index (κ3) is 37.6. The van der Waals surface area contributed by atoms with Gasteiger partial charge in [-0.2, -0.15) is 0 Å². The SMILES string of the molecule is CCCCCCCCCCCCCCCCCCCCCC(O)C(COP(=O)(O)OCC[N+](C)(C)C)NC(=O)CCCCCCCCCCCC. The molecule has 0 spiro atoms. The minimum absolute atomic E-state index is 0.0783. The van der Waals surface area contributed by atoms with Gasteiger partial charge in [0, 0.05) is 6.42 Å². The number of quaternary nitrogens is 1. The van der Waals surface area contributed by atoms with Gasteiger partial charge in [-0.05, 0) is 12.8 Å². The molecular formula is C42H88N2O6P+. The van der Waals surface area contributed by atoms with E-state index in [1.807, 2.05) is 21.1 Å². The number of rotatable bonds is 40. The summed E-state index contributed by atoms with van der Waals surface area (Å²) < 4.78 is 23.6. The number of phosphoric ester groups is 1.